The van der Waals surface area contributed by atoms with Gasteiger partial charge in [0.2, 0.25) is 0 Å². The van der Waals surface area contributed by atoms with Gasteiger partial charge in [0.15, 0.2) is 0 Å². The lowest BCUT2D eigenvalue weighted by molar-refractivity contribution is 0.0378. The third-order valence-corrected chi connectivity index (χ3v) is 7.10. The Morgan fingerprint density at radius 1 is 1.03 bits per heavy atom. The van der Waals surface area contributed by atoms with E-state index in [1.54, 1.807) is 30.5 Å². The molecule has 1 saturated heterocycles. The Balaban J connectivity index is 0.00000420. The number of benzene rings is 2. The van der Waals surface area contributed by atoms with E-state index in [0.29, 0.717) is 28.5 Å². The van der Waals surface area contributed by atoms with E-state index >= 15 is 0 Å². The number of pyridine rings is 1. The maximum Gasteiger partial charge on any atom is 0.342 e. The number of anilines is 1. The Labute approximate surface area is 237 Å². The van der Waals surface area contributed by atoms with E-state index in [-0.39, 0.29) is 25.3 Å². The SMILES string of the molecule is C.CCN(Cc1ccc(CN2CCN(c3ncccc3C(=O)OC(C)C)CC2)cc1)Cc1c(F)cccc1Cl. The van der Waals surface area contributed by atoms with Gasteiger partial charge in [-0.2, -0.15) is 0 Å². The van der Waals surface area contributed by atoms with E-state index in [4.69, 9.17) is 16.3 Å². The molecule has 1 aromatic heterocycles. The first-order chi connectivity index (χ1) is 18.3. The van der Waals surface area contributed by atoms with Crippen LogP contribution in [0.25, 0.3) is 0 Å². The zero-order valence-corrected chi connectivity index (χ0v) is 23.1. The van der Waals surface area contributed by atoms with Gasteiger partial charge in [-0.3, -0.25) is 9.80 Å². The molecule has 0 unspecified atom stereocenters. The Morgan fingerprint density at radius 3 is 2.36 bits per heavy atom. The van der Waals surface area contributed by atoms with Crippen molar-refractivity contribution in [2.45, 2.75) is 53.9 Å². The minimum Gasteiger partial charge on any atom is -0.459 e. The number of halogens is 2. The second-order valence-electron chi connectivity index (χ2n) is 9.91. The highest BCUT2D eigenvalue weighted by molar-refractivity contribution is 6.31. The summed E-state index contributed by atoms with van der Waals surface area (Å²) in [5, 5.41) is 0.466. The first-order valence-electron chi connectivity index (χ1n) is 13.2. The van der Waals surface area contributed by atoms with Crippen molar-refractivity contribution >= 4 is 23.4 Å². The van der Waals surface area contributed by atoms with E-state index < -0.39 is 0 Å². The Bertz CT molecular complexity index is 1190. The van der Waals surface area contributed by atoms with Crippen LogP contribution in [0.4, 0.5) is 10.2 Å². The number of ether oxygens (including phenoxy) is 1. The van der Waals surface area contributed by atoms with Crippen molar-refractivity contribution in [3.63, 3.8) is 0 Å². The third-order valence-electron chi connectivity index (χ3n) is 6.75. The molecule has 2 aromatic carbocycles. The van der Waals surface area contributed by atoms with Crippen LogP contribution in [0.5, 0.6) is 0 Å². The van der Waals surface area contributed by atoms with Gasteiger partial charge < -0.3 is 9.64 Å². The quantitative estimate of drug-likeness (QED) is 0.270. The fraction of sp³-hybridized carbons (Fsp3) is 0.419. The predicted octanol–water partition coefficient (Wildman–Crippen LogP) is 6.42. The number of hydrogen-bond acceptors (Lipinski definition) is 6. The molecule has 6 nitrogen and oxygen atoms in total. The highest BCUT2D eigenvalue weighted by Crippen LogP contribution is 2.23. The van der Waals surface area contributed by atoms with Gasteiger partial charge in [-0.15, -0.1) is 0 Å². The molecule has 0 atom stereocenters. The Morgan fingerprint density at radius 2 is 1.72 bits per heavy atom. The molecule has 210 valence electrons. The highest BCUT2D eigenvalue weighted by Gasteiger charge is 2.24. The van der Waals surface area contributed by atoms with Crippen LogP contribution in [0, 0.1) is 5.82 Å². The zero-order chi connectivity index (χ0) is 27.1. The standard InChI is InChI=1S/C30H36ClFN4O2.CH4/c1-4-34(21-26-27(31)8-5-9-28(26)32)19-23-10-12-24(13-11-23)20-35-15-17-36(18-16-35)29-25(7-6-14-33-29)30(37)38-22(2)3;/h5-14,22H,4,15-21H2,1-3H3;1H4. The monoisotopic (exact) mass is 554 g/mol. The zero-order valence-electron chi connectivity index (χ0n) is 22.4. The smallest absolute Gasteiger partial charge is 0.342 e. The summed E-state index contributed by atoms with van der Waals surface area (Å²) < 4.78 is 19.6. The minimum atomic E-state index is -0.329. The summed E-state index contributed by atoms with van der Waals surface area (Å²) in [5.41, 5.74) is 3.50. The topological polar surface area (TPSA) is 48.9 Å². The lowest BCUT2D eigenvalue weighted by Crippen LogP contribution is -2.46. The molecule has 1 fully saturated rings. The molecule has 1 aliphatic rings. The molecule has 0 N–H and O–H groups in total. The van der Waals surface area contributed by atoms with Gasteiger partial charge in [-0.05, 0) is 55.8 Å². The van der Waals surface area contributed by atoms with Crippen molar-refractivity contribution < 1.29 is 13.9 Å². The van der Waals surface area contributed by atoms with Gasteiger partial charge in [-0.25, -0.2) is 14.2 Å². The van der Waals surface area contributed by atoms with Crippen LogP contribution in [0.3, 0.4) is 0 Å². The highest BCUT2D eigenvalue weighted by atomic mass is 35.5. The molecule has 0 saturated carbocycles. The molecule has 0 bridgehead atoms. The van der Waals surface area contributed by atoms with Crippen molar-refractivity contribution in [2.24, 2.45) is 0 Å². The molecular formula is C31H40ClFN4O2. The largest absolute Gasteiger partial charge is 0.459 e. The molecule has 1 aliphatic heterocycles. The van der Waals surface area contributed by atoms with Crippen molar-refractivity contribution in [3.8, 4) is 0 Å². The number of esters is 1. The first-order valence-corrected chi connectivity index (χ1v) is 13.6. The molecule has 0 radical (unpaired) electrons. The normalized spacial score (nSPS) is 14.0. The van der Waals surface area contributed by atoms with E-state index in [2.05, 4.69) is 50.9 Å². The molecule has 0 aliphatic carbocycles. The number of rotatable bonds is 10. The number of aromatic nitrogens is 1. The second-order valence-corrected chi connectivity index (χ2v) is 10.3. The van der Waals surface area contributed by atoms with E-state index in [9.17, 15) is 9.18 Å². The minimum absolute atomic E-state index is 0. The van der Waals surface area contributed by atoms with Crippen LogP contribution in [0.15, 0.2) is 60.8 Å². The fourth-order valence-electron chi connectivity index (χ4n) is 4.66. The van der Waals surface area contributed by atoms with Crippen LogP contribution in [0.1, 0.15) is 55.2 Å². The third kappa shape index (κ3) is 8.24. The van der Waals surface area contributed by atoms with Gasteiger partial charge in [-0.1, -0.05) is 56.3 Å². The molecule has 4 rings (SSSR count). The lowest BCUT2D eigenvalue weighted by Gasteiger charge is -2.36. The van der Waals surface area contributed by atoms with Gasteiger partial charge in [0.1, 0.15) is 17.2 Å². The van der Waals surface area contributed by atoms with Gasteiger partial charge in [0, 0.05) is 62.6 Å². The van der Waals surface area contributed by atoms with Crippen LogP contribution in [0.2, 0.25) is 5.02 Å². The van der Waals surface area contributed by atoms with Crippen LogP contribution < -0.4 is 4.90 Å². The van der Waals surface area contributed by atoms with E-state index in [0.717, 1.165) is 45.8 Å². The molecule has 0 amide bonds. The molecular weight excluding hydrogens is 515 g/mol. The summed E-state index contributed by atoms with van der Waals surface area (Å²) in [4.78, 5) is 23.8. The number of nitrogens with zero attached hydrogens (tertiary/aromatic N) is 4. The van der Waals surface area contributed by atoms with Gasteiger partial charge in [0.05, 0.1) is 6.10 Å². The molecule has 0 spiro atoms. The summed E-state index contributed by atoms with van der Waals surface area (Å²) in [6, 6.07) is 17.0. The van der Waals surface area contributed by atoms with Crippen molar-refractivity contribution in [3.05, 3.63) is 93.9 Å². The maximum atomic E-state index is 14.2. The second kappa shape index (κ2) is 14.4. The van der Waals surface area contributed by atoms with Crippen molar-refractivity contribution in [2.75, 3.05) is 37.6 Å². The summed E-state index contributed by atoms with van der Waals surface area (Å²) in [6.45, 7) is 12.0. The van der Waals surface area contributed by atoms with Gasteiger partial charge in [0.25, 0.3) is 0 Å². The first kappa shape index (κ1) is 30.5. The van der Waals surface area contributed by atoms with Crippen molar-refractivity contribution in [1.29, 1.82) is 0 Å². The maximum absolute atomic E-state index is 14.2. The average Bonchev–Trinajstić information content (AvgIpc) is 2.91. The van der Waals surface area contributed by atoms with Crippen LogP contribution in [-0.2, 0) is 24.4 Å². The van der Waals surface area contributed by atoms with Crippen molar-refractivity contribution in [1.82, 2.24) is 14.8 Å². The summed E-state index contributed by atoms with van der Waals surface area (Å²) in [6.07, 6.45) is 1.55. The Kier molecular flexibility index (Phi) is 11.3. The van der Waals surface area contributed by atoms with Crippen LogP contribution in [-0.4, -0.2) is 59.6 Å². The lowest BCUT2D eigenvalue weighted by atomic mass is 10.1. The fourth-order valence-corrected chi connectivity index (χ4v) is 4.88. The average molecular weight is 555 g/mol. The molecule has 39 heavy (non-hydrogen) atoms. The van der Waals surface area contributed by atoms with E-state index in [1.165, 1.54) is 17.2 Å². The number of piperazine rings is 1. The number of carbonyl (C=O) groups excluding carboxylic acids is 1. The van der Waals surface area contributed by atoms with Gasteiger partial charge >= 0.3 is 5.97 Å². The molecule has 3 aromatic rings. The van der Waals surface area contributed by atoms with E-state index in [1.807, 2.05) is 13.8 Å². The molecule has 2 heterocycles. The number of hydrogen-bond donors (Lipinski definition) is 0. The molecule has 8 heteroatoms. The number of carbonyl (C=O) groups is 1. The van der Waals surface area contributed by atoms with Crippen LogP contribution >= 0.6 is 11.6 Å². The summed E-state index contributed by atoms with van der Waals surface area (Å²) in [7, 11) is 0. The summed E-state index contributed by atoms with van der Waals surface area (Å²) in [5.74, 6) is 0.102. The summed E-state index contributed by atoms with van der Waals surface area (Å²) >= 11 is 6.23. The predicted molar refractivity (Wildman–Crippen MR) is 157 cm³/mol. The Hall–Kier alpha value is -3.00.